The Morgan fingerprint density at radius 2 is 2.00 bits per heavy atom. The van der Waals surface area contributed by atoms with E-state index in [9.17, 15) is 9.59 Å². The minimum Gasteiger partial charge on any atom is -0.493 e. The van der Waals surface area contributed by atoms with Crippen molar-refractivity contribution in [1.82, 2.24) is 4.90 Å². The highest BCUT2D eigenvalue weighted by molar-refractivity contribution is 8.26. The van der Waals surface area contributed by atoms with E-state index in [1.165, 1.54) is 23.8 Å². The molecule has 3 aromatic rings. The fourth-order valence-electron chi connectivity index (χ4n) is 3.14. The van der Waals surface area contributed by atoms with Gasteiger partial charge in [0.15, 0.2) is 11.5 Å². The number of furan rings is 1. The molecule has 1 amide bonds. The second-order valence-electron chi connectivity index (χ2n) is 7.02. The number of esters is 1. The smallest absolute Gasteiger partial charge is 0.343 e. The molecule has 0 N–H and O–H groups in total. The van der Waals surface area contributed by atoms with Crippen LogP contribution in [0.15, 0.2) is 70.2 Å². The van der Waals surface area contributed by atoms with Crippen molar-refractivity contribution >= 4 is 46.3 Å². The molecule has 0 spiro atoms. The Labute approximate surface area is 194 Å². The van der Waals surface area contributed by atoms with Crippen molar-refractivity contribution in [2.45, 2.75) is 13.5 Å². The molecule has 162 valence electrons. The highest BCUT2D eigenvalue weighted by Crippen LogP contribution is 2.35. The van der Waals surface area contributed by atoms with E-state index >= 15 is 0 Å². The predicted molar refractivity (Wildman–Crippen MR) is 127 cm³/mol. The van der Waals surface area contributed by atoms with Crippen molar-refractivity contribution in [1.29, 1.82) is 0 Å². The van der Waals surface area contributed by atoms with Crippen molar-refractivity contribution < 1.29 is 23.5 Å². The van der Waals surface area contributed by atoms with E-state index in [1.807, 2.05) is 13.0 Å². The summed E-state index contributed by atoms with van der Waals surface area (Å²) in [5.74, 6) is 0.667. The first-order valence-corrected chi connectivity index (χ1v) is 10.9. The Hall–Kier alpha value is -3.36. The van der Waals surface area contributed by atoms with Gasteiger partial charge in [0, 0.05) is 0 Å². The third-order valence-corrected chi connectivity index (χ3v) is 6.09. The lowest BCUT2D eigenvalue weighted by Crippen LogP contribution is -2.27. The van der Waals surface area contributed by atoms with Crippen LogP contribution in [-0.4, -0.2) is 28.2 Å². The number of thiocarbonyl (C=S) groups is 1. The molecule has 1 aromatic heterocycles. The molecule has 0 unspecified atom stereocenters. The van der Waals surface area contributed by atoms with E-state index in [0.29, 0.717) is 32.0 Å². The molecule has 0 radical (unpaired) electrons. The van der Waals surface area contributed by atoms with Crippen molar-refractivity contribution in [2.75, 3.05) is 7.11 Å². The normalized spacial score (nSPS) is 14.8. The molecule has 8 heteroatoms. The van der Waals surface area contributed by atoms with Crippen LogP contribution in [0.5, 0.6) is 11.5 Å². The highest BCUT2D eigenvalue weighted by atomic mass is 32.2. The lowest BCUT2D eigenvalue weighted by molar-refractivity contribution is -0.122. The van der Waals surface area contributed by atoms with Crippen LogP contribution < -0.4 is 9.47 Å². The average Bonchev–Trinajstić information content (AvgIpc) is 3.39. The van der Waals surface area contributed by atoms with Gasteiger partial charge in [-0.3, -0.25) is 9.69 Å². The van der Waals surface area contributed by atoms with Gasteiger partial charge in [-0.2, -0.15) is 0 Å². The van der Waals surface area contributed by atoms with Gasteiger partial charge in [-0.25, -0.2) is 4.79 Å². The zero-order valence-corrected chi connectivity index (χ0v) is 19.0. The third-order valence-electron chi connectivity index (χ3n) is 4.71. The summed E-state index contributed by atoms with van der Waals surface area (Å²) in [7, 11) is 1.49. The fraction of sp³-hybridized carbons (Fsp3) is 0.125. The van der Waals surface area contributed by atoms with Gasteiger partial charge in [0.05, 0.1) is 30.4 Å². The van der Waals surface area contributed by atoms with Gasteiger partial charge < -0.3 is 13.9 Å². The Bertz CT molecular complexity index is 1220. The first-order chi connectivity index (χ1) is 15.4. The number of carbonyl (C=O) groups is 2. The summed E-state index contributed by atoms with van der Waals surface area (Å²) in [5, 5.41) is 0. The summed E-state index contributed by atoms with van der Waals surface area (Å²) in [5.41, 5.74) is 2.14. The number of aryl methyl sites for hydroxylation is 1. The van der Waals surface area contributed by atoms with Gasteiger partial charge in [0.1, 0.15) is 10.1 Å². The van der Waals surface area contributed by atoms with Gasteiger partial charge in [0.2, 0.25) is 0 Å². The van der Waals surface area contributed by atoms with Crippen LogP contribution in [0.1, 0.15) is 27.2 Å². The van der Waals surface area contributed by atoms with Crippen LogP contribution in [0.25, 0.3) is 6.08 Å². The van der Waals surface area contributed by atoms with Crippen LogP contribution in [0.4, 0.5) is 0 Å². The van der Waals surface area contributed by atoms with E-state index in [0.717, 1.165) is 11.1 Å². The van der Waals surface area contributed by atoms with Crippen LogP contribution in [0, 0.1) is 6.92 Å². The Balaban J connectivity index is 1.52. The molecular formula is C24H19NO5S2. The largest absolute Gasteiger partial charge is 0.493 e. The lowest BCUT2D eigenvalue weighted by Gasteiger charge is -2.12. The molecule has 1 aliphatic rings. The summed E-state index contributed by atoms with van der Waals surface area (Å²) in [4.78, 5) is 27.3. The van der Waals surface area contributed by atoms with E-state index in [2.05, 4.69) is 0 Å². The lowest BCUT2D eigenvalue weighted by atomic mass is 10.1. The zero-order chi connectivity index (χ0) is 22.7. The first kappa shape index (κ1) is 21.9. The number of nitrogens with zero attached hydrogens (tertiary/aromatic N) is 1. The Morgan fingerprint density at radius 1 is 1.16 bits per heavy atom. The molecular weight excluding hydrogens is 446 g/mol. The van der Waals surface area contributed by atoms with Crippen LogP contribution in [0.3, 0.4) is 0 Å². The average molecular weight is 466 g/mol. The predicted octanol–water partition coefficient (Wildman–Crippen LogP) is 5.22. The van der Waals surface area contributed by atoms with Gasteiger partial charge >= 0.3 is 5.97 Å². The monoisotopic (exact) mass is 465 g/mol. The number of methoxy groups -OCH3 is 1. The van der Waals surface area contributed by atoms with E-state index in [4.69, 9.17) is 26.1 Å². The number of rotatable bonds is 6. The summed E-state index contributed by atoms with van der Waals surface area (Å²) >= 11 is 6.59. The van der Waals surface area contributed by atoms with E-state index in [-0.39, 0.29) is 12.5 Å². The summed E-state index contributed by atoms with van der Waals surface area (Å²) in [6, 6.07) is 15.8. The number of thioether (sulfide) groups is 1. The summed E-state index contributed by atoms with van der Waals surface area (Å²) < 4.78 is 16.7. The minimum atomic E-state index is -0.474. The van der Waals surface area contributed by atoms with Gasteiger partial charge in [-0.1, -0.05) is 47.7 Å². The maximum absolute atomic E-state index is 12.8. The first-order valence-electron chi connectivity index (χ1n) is 9.69. The third kappa shape index (κ3) is 4.76. The van der Waals surface area contributed by atoms with Gasteiger partial charge in [-0.15, -0.1) is 0 Å². The maximum Gasteiger partial charge on any atom is 0.343 e. The van der Waals surface area contributed by atoms with Gasteiger partial charge in [0.25, 0.3) is 5.91 Å². The van der Waals surface area contributed by atoms with Crippen LogP contribution in [-0.2, 0) is 11.3 Å². The summed E-state index contributed by atoms with van der Waals surface area (Å²) in [6.07, 6.45) is 3.29. The number of ether oxygens (including phenoxy) is 2. The van der Waals surface area contributed by atoms with Crippen LogP contribution >= 0.6 is 24.0 Å². The molecule has 2 aromatic carbocycles. The number of carbonyl (C=O) groups excluding carboxylic acids is 2. The molecule has 0 saturated carbocycles. The molecule has 2 heterocycles. The maximum atomic E-state index is 12.8. The molecule has 32 heavy (non-hydrogen) atoms. The van der Waals surface area contributed by atoms with Gasteiger partial charge in [-0.05, 0) is 55.0 Å². The van der Waals surface area contributed by atoms with E-state index in [1.54, 1.807) is 60.9 Å². The molecule has 0 bridgehead atoms. The molecule has 1 aliphatic heterocycles. The number of amides is 1. The molecule has 0 aliphatic carbocycles. The molecule has 1 saturated heterocycles. The Kier molecular flexibility index (Phi) is 6.43. The second-order valence-corrected chi connectivity index (χ2v) is 8.69. The molecule has 0 atom stereocenters. The van der Waals surface area contributed by atoms with Crippen molar-refractivity contribution in [3.05, 3.63) is 88.2 Å². The molecule has 6 nitrogen and oxygen atoms in total. The van der Waals surface area contributed by atoms with Crippen molar-refractivity contribution in [3.63, 3.8) is 0 Å². The quantitative estimate of drug-likeness (QED) is 0.214. The number of benzene rings is 2. The SMILES string of the molecule is COc1cc(/C=C2/SC(=S)N(Cc3ccco3)C2=O)ccc1OC(=O)c1cccc(C)c1. The fourth-order valence-corrected chi connectivity index (χ4v) is 4.39. The van der Waals surface area contributed by atoms with E-state index < -0.39 is 5.97 Å². The Morgan fingerprint density at radius 3 is 2.72 bits per heavy atom. The minimum absolute atomic E-state index is 0.190. The standard InChI is InChI=1S/C24H19NO5S2/c1-15-5-3-6-17(11-15)23(27)30-19-9-8-16(12-20(19)28-2)13-21-22(26)25(24(31)32-21)14-18-7-4-10-29-18/h3-13H,14H2,1-2H3/b21-13+. The van der Waals surface area contributed by atoms with Crippen molar-refractivity contribution in [3.8, 4) is 11.5 Å². The molecule has 4 rings (SSSR count). The van der Waals surface area contributed by atoms with Crippen LogP contribution in [0.2, 0.25) is 0 Å². The molecule has 1 fully saturated rings. The number of hydrogen-bond acceptors (Lipinski definition) is 7. The second kappa shape index (κ2) is 9.42. The zero-order valence-electron chi connectivity index (χ0n) is 17.4. The highest BCUT2D eigenvalue weighted by Gasteiger charge is 2.32. The number of hydrogen-bond donors (Lipinski definition) is 0. The van der Waals surface area contributed by atoms with Crippen molar-refractivity contribution in [2.24, 2.45) is 0 Å². The topological polar surface area (TPSA) is 69.0 Å². The summed E-state index contributed by atoms with van der Waals surface area (Å²) in [6.45, 7) is 2.19.